The topological polar surface area (TPSA) is 72.7 Å². The standard InChI is InChI=1S/C22H18F3N5OS2/c23-22(24,25)14-30-17(16-9-5-2-6-10-16)12-27-21(30)32-13-18-28-29-20(33-18)19(31)26-11-15-7-3-1-4-8-15/h1-10,12H,11,13-14H2,(H,26,31). The number of aromatic nitrogens is 4. The fraction of sp³-hybridized carbons (Fsp3) is 0.182. The van der Waals surface area contributed by atoms with Crippen LogP contribution in [-0.4, -0.2) is 31.8 Å². The van der Waals surface area contributed by atoms with Gasteiger partial charge >= 0.3 is 6.18 Å². The lowest BCUT2D eigenvalue weighted by Crippen LogP contribution is -2.22. The third kappa shape index (κ3) is 6.20. The summed E-state index contributed by atoms with van der Waals surface area (Å²) in [4.78, 5) is 16.5. The Balaban J connectivity index is 1.43. The van der Waals surface area contributed by atoms with E-state index in [2.05, 4.69) is 20.5 Å². The summed E-state index contributed by atoms with van der Waals surface area (Å²) in [6.07, 6.45) is -2.96. The van der Waals surface area contributed by atoms with Gasteiger partial charge in [0.1, 0.15) is 11.6 Å². The summed E-state index contributed by atoms with van der Waals surface area (Å²) < 4.78 is 40.8. The predicted molar refractivity (Wildman–Crippen MR) is 121 cm³/mol. The van der Waals surface area contributed by atoms with Gasteiger partial charge in [0.25, 0.3) is 5.91 Å². The summed E-state index contributed by atoms with van der Waals surface area (Å²) >= 11 is 2.22. The number of alkyl halides is 3. The van der Waals surface area contributed by atoms with Gasteiger partial charge in [-0.25, -0.2) is 4.98 Å². The van der Waals surface area contributed by atoms with Crippen molar-refractivity contribution in [3.05, 3.63) is 82.4 Å². The van der Waals surface area contributed by atoms with E-state index in [1.54, 1.807) is 30.3 Å². The molecule has 2 aromatic carbocycles. The Morgan fingerprint density at radius 3 is 2.42 bits per heavy atom. The van der Waals surface area contributed by atoms with E-state index < -0.39 is 12.7 Å². The molecular weight excluding hydrogens is 471 g/mol. The maximum absolute atomic E-state index is 13.2. The summed E-state index contributed by atoms with van der Waals surface area (Å²) in [5.41, 5.74) is 1.99. The van der Waals surface area contributed by atoms with Crippen LogP contribution in [0.2, 0.25) is 0 Å². The maximum Gasteiger partial charge on any atom is 0.406 e. The molecule has 2 aromatic heterocycles. The minimum atomic E-state index is -4.40. The third-order valence-electron chi connectivity index (χ3n) is 4.51. The number of nitrogens with one attached hydrogen (secondary N) is 1. The molecule has 0 fully saturated rings. The highest BCUT2D eigenvalue weighted by atomic mass is 32.2. The fourth-order valence-corrected chi connectivity index (χ4v) is 4.75. The molecule has 4 aromatic rings. The van der Waals surface area contributed by atoms with Crippen molar-refractivity contribution in [2.45, 2.75) is 30.2 Å². The predicted octanol–water partition coefficient (Wildman–Crippen LogP) is 5.19. The Bertz CT molecular complexity index is 1210. The monoisotopic (exact) mass is 489 g/mol. The van der Waals surface area contributed by atoms with Crippen molar-refractivity contribution in [3.8, 4) is 11.3 Å². The van der Waals surface area contributed by atoms with Crippen molar-refractivity contribution >= 4 is 29.0 Å². The molecule has 1 N–H and O–H groups in total. The minimum Gasteiger partial charge on any atom is -0.346 e. The number of carbonyl (C=O) groups excluding carboxylic acids is 1. The van der Waals surface area contributed by atoms with Crippen LogP contribution in [0.3, 0.4) is 0 Å². The molecule has 6 nitrogen and oxygen atoms in total. The van der Waals surface area contributed by atoms with Gasteiger partial charge in [-0.3, -0.25) is 4.79 Å². The average molecular weight is 490 g/mol. The number of halogens is 3. The Morgan fingerprint density at radius 2 is 1.73 bits per heavy atom. The van der Waals surface area contributed by atoms with Gasteiger partial charge in [-0.05, 0) is 11.1 Å². The number of amides is 1. The van der Waals surface area contributed by atoms with Gasteiger partial charge in [-0.1, -0.05) is 83.8 Å². The van der Waals surface area contributed by atoms with Crippen molar-refractivity contribution in [3.63, 3.8) is 0 Å². The lowest BCUT2D eigenvalue weighted by atomic mass is 10.2. The molecule has 4 rings (SSSR count). The van der Waals surface area contributed by atoms with Crippen molar-refractivity contribution < 1.29 is 18.0 Å². The highest BCUT2D eigenvalue weighted by Crippen LogP contribution is 2.31. The molecule has 0 saturated carbocycles. The van der Waals surface area contributed by atoms with E-state index in [4.69, 9.17) is 0 Å². The van der Waals surface area contributed by atoms with Crippen LogP contribution in [0.1, 0.15) is 20.4 Å². The van der Waals surface area contributed by atoms with Crippen LogP contribution >= 0.6 is 23.1 Å². The van der Waals surface area contributed by atoms with Gasteiger partial charge in [0.05, 0.1) is 17.6 Å². The van der Waals surface area contributed by atoms with Crippen molar-refractivity contribution in [2.75, 3.05) is 0 Å². The number of benzene rings is 2. The number of rotatable bonds is 8. The first-order valence-electron chi connectivity index (χ1n) is 9.84. The molecule has 0 saturated heterocycles. The highest BCUT2D eigenvalue weighted by molar-refractivity contribution is 7.98. The summed E-state index contributed by atoms with van der Waals surface area (Å²) in [5.74, 6) is -0.107. The van der Waals surface area contributed by atoms with Gasteiger partial charge in [0.2, 0.25) is 5.01 Å². The molecule has 0 radical (unpaired) electrons. The van der Waals surface area contributed by atoms with Gasteiger partial charge in [-0.2, -0.15) is 13.2 Å². The van der Waals surface area contributed by atoms with Crippen LogP contribution in [-0.2, 0) is 18.8 Å². The van der Waals surface area contributed by atoms with Gasteiger partial charge in [0, 0.05) is 6.54 Å². The second-order valence-electron chi connectivity index (χ2n) is 6.95. The number of carbonyl (C=O) groups is 1. The van der Waals surface area contributed by atoms with Crippen molar-refractivity contribution in [1.82, 2.24) is 25.1 Å². The molecule has 2 heterocycles. The van der Waals surface area contributed by atoms with E-state index in [1.165, 1.54) is 6.20 Å². The van der Waals surface area contributed by atoms with Crippen LogP contribution in [0.15, 0.2) is 72.0 Å². The summed E-state index contributed by atoms with van der Waals surface area (Å²) in [6, 6.07) is 18.3. The molecule has 0 bridgehead atoms. The van der Waals surface area contributed by atoms with E-state index in [1.807, 2.05) is 30.3 Å². The molecule has 1 amide bonds. The molecule has 33 heavy (non-hydrogen) atoms. The van der Waals surface area contributed by atoms with Crippen LogP contribution in [0, 0.1) is 0 Å². The molecule has 0 unspecified atom stereocenters. The van der Waals surface area contributed by atoms with Crippen LogP contribution in [0.4, 0.5) is 13.2 Å². The summed E-state index contributed by atoms with van der Waals surface area (Å²) in [5, 5.41) is 11.6. The van der Waals surface area contributed by atoms with Crippen molar-refractivity contribution in [2.24, 2.45) is 0 Å². The minimum absolute atomic E-state index is 0.199. The van der Waals surface area contributed by atoms with E-state index in [-0.39, 0.29) is 21.8 Å². The number of imidazole rings is 1. The Hall–Kier alpha value is -3.18. The van der Waals surface area contributed by atoms with Gasteiger partial charge in [0.15, 0.2) is 5.16 Å². The Kier molecular flexibility index (Phi) is 7.09. The summed E-state index contributed by atoms with van der Waals surface area (Å²) in [7, 11) is 0. The average Bonchev–Trinajstić information content (AvgIpc) is 3.43. The fourth-order valence-electron chi connectivity index (χ4n) is 3.03. The number of thioether (sulfide) groups is 1. The van der Waals surface area contributed by atoms with Gasteiger partial charge < -0.3 is 9.88 Å². The van der Waals surface area contributed by atoms with Crippen LogP contribution in [0.25, 0.3) is 11.3 Å². The molecule has 11 heteroatoms. The zero-order valence-electron chi connectivity index (χ0n) is 17.1. The molecule has 0 aliphatic rings. The van der Waals surface area contributed by atoms with Gasteiger partial charge in [-0.15, -0.1) is 10.2 Å². The first-order chi connectivity index (χ1) is 15.9. The van der Waals surface area contributed by atoms with E-state index in [9.17, 15) is 18.0 Å². The quantitative estimate of drug-likeness (QED) is 0.345. The van der Waals surface area contributed by atoms with Crippen LogP contribution < -0.4 is 5.32 Å². The first kappa shape index (κ1) is 23.0. The van der Waals surface area contributed by atoms with Crippen LogP contribution in [0.5, 0.6) is 0 Å². The lowest BCUT2D eigenvalue weighted by molar-refractivity contribution is -0.141. The second kappa shape index (κ2) is 10.2. The zero-order chi connectivity index (χ0) is 23.3. The molecule has 0 spiro atoms. The number of hydrogen-bond acceptors (Lipinski definition) is 6. The first-order valence-corrected chi connectivity index (χ1v) is 11.6. The molecule has 0 atom stereocenters. The third-order valence-corrected chi connectivity index (χ3v) is 6.61. The van der Waals surface area contributed by atoms with Crippen molar-refractivity contribution in [1.29, 1.82) is 0 Å². The number of hydrogen-bond donors (Lipinski definition) is 1. The molecule has 170 valence electrons. The smallest absolute Gasteiger partial charge is 0.346 e. The van der Waals surface area contributed by atoms with E-state index in [0.29, 0.717) is 22.8 Å². The van der Waals surface area contributed by atoms with E-state index in [0.717, 1.165) is 33.2 Å². The number of nitrogens with zero attached hydrogens (tertiary/aromatic N) is 4. The second-order valence-corrected chi connectivity index (χ2v) is 8.96. The maximum atomic E-state index is 13.2. The molecule has 0 aliphatic carbocycles. The highest BCUT2D eigenvalue weighted by Gasteiger charge is 2.31. The zero-order valence-corrected chi connectivity index (χ0v) is 18.8. The van der Waals surface area contributed by atoms with E-state index >= 15 is 0 Å². The normalized spacial score (nSPS) is 11.5. The SMILES string of the molecule is O=C(NCc1ccccc1)c1nnc(CSc2ncc(-c3ccccc3)n2CC(F)(F)F)s1. The largest absolute Gasteiger partial charge is 0.406 e. The molecular formula is C22H18F3N5OS2. The lowest BCUT2D eigenvalue weighted by Gasteiger charge is -2.13. The molecule has 0 aliphatic heterocycles. The Morgan fingerprint density at radius 1 is 1.03 bits per heavy atom. The Labute approximate surface area is 195 Å². The summed E-state index contributed by atoms with van der Waals surface area (Å²) in [6.45, 7) is -0.788.